The summed E-state index contributed by atoms with van der Waals surface area (Å²) < 4.78 is 0. The van der Waals surface area contributed by atoms with E-state index in [0.717, 1.165) is 38.3 Å². The normalized spacial score (nSPS) is 17.8. The number of pyridine rings is 1. The van der Waals surface area contributed by atoms with E-state index < -0.39 is 0 Å². The summed E-state index contributed by atoms with van der Waals surface area (Å²) in [6.45, 7) is 3.61. The highest BCUT2D eigenvalue weighted by Gasteiger charge is 2.27. The topological polar surface area (TPSA) is 65.1 Å². The lowest BCUT2D eigenvalue weighted by molar-refractivity contribution is -0.129. The number of rotatable bonds is 6. The molecule has 6 heteroatoms. The number of amides is 1. The number of nitrogens with one attached hydrogen (secondary N) is 1. The maximum atomic E-state index is 12.3. The summed E-state index contributed by atoms with van der Waals surface area (Å²) in [5, 5.41) is 6.74. The van der Waals surface area contributed by atoms with Crippen LogP contribution in [0.3, 0.4) is 0 Å². The highest BCUT2D eigenvalue weighted by atomic mass is 16.2. The molecule has 0 radical (unpaired) electrons. The van der Waals surface area contributed by atoms with Gasteiger partial charge in [-0.25, -0.2) is 0 Å². The fourth-order valence-corrected chi connectivity index (χ4v) is 3.17. The zero-order valence-corrected chi connectivity index (χ0v) is 13.5. The van der Waals surface area contributed by atoms with E-state index in [1.54, 1.807) is 12.4 Å². The molecule has 0 unspecified atom stereocenters. The molecule has 1 saturated heterocycles. The van der Waals surface area contributed by atoms with E-state index in [4.69, 9.17) is 0 Å². The maximum Gasteiger partial charge on any atom is 0.228 e. The zero-order chi connectivity index (χ0) is 16.1. The van der Waals surface area contributed by atoms with Gasteiger partial charge in [-0.2, -0.15) is 5.10 Å². The van der Waals surface area contributed by atoms with E-state index in [1.807, 2.05) is 23.2 Å². The molecule has 3 rings (SSSR count). The number of hydrogen-bond donors (Lipinski definition) is 1. The molecule has 3 heterocycles. The van der Waals surface area contributed by atoms with Gasteiger partial charge in [-0.15, -0.1) is 0 Å². The molecular weight excluding hydrogens is 290 g/mol. The highest BCUT2D eigenvalue weighted by Crippen LogP contribution is 2.18. The first-order valence-electron chi connectivity index (χ1n) is 8.04. The Kier molecular flexibility index (Phi) is 5.02. The van der Waals surface area contributed by atoms with Crippen LogP contribution in [0.25, 0.3) is 0 Å². The summed E-state index contributed by atoms with van der Waals surface area (Å²) in [6, 6.07) is 5.92. The number of carbonyl (C=O) groups excluding carboxylic acids is 1. The largest absolute Gasteiger partial charge is 0.342 e. The Labute approximate surface area is 136 Å². The lowest BCUT2D eigenvalue weighted by atomic mass is 10.1. The molecular formula is C17H23N5O. The number of carbonyl (C=O) groups is 1. The summed E-state index contributed by atoms with van der Waals surface area (Å²) in [5.74, 6) is 0.731. The Balaban J connectivity index is 1.45. The Morgan fingerprint density at radius 3 is 3.09 bits per heavy atom. The van der Waals surface area contributed by atoms with E-state index in [2.05, 4.69) is 33.2 Å². The van der Waals surface area contributed by atoms with Crippen LogP contribution in [0.15, 0.2) is 36.8 Å². The Hall–Kier alpha value is -2.21. The molecule has 23 heavy (non-hydrogen) atoms. The minimum Gasteiger partial charge on any atom is -0.342 e. The molecule has 0 spiro atoms. The van der Waals surface area contributed by atoms with Crippen molar-refractivity contribution in [3.63, 3.8) is 0 Å². The molecule has 1 aliphatic rings. The number of H-pyrrole nitrogens is 1. The van der Waals surface area contributed by atoms with Crippen LogP contribution in [-0.4, -0.2) is 57.6 Å². The van der Waals surface area contributed by atoms with Crippen molar-refractivity contribution in [2.24, 2.45) is 5.92 Å². The van der Waals surface area contributed by atoms with E-state index in [-0.39, 0.29) is 5.91 Å². The van der Waals surface area contributed by atoms with Gasteiger partial charge in [0, 0.05) is 50.5 Å². The second-order valence-electron chi connectivity index (χ2n) is 6.31. The van der Waals surface area contributed by atoms with Crippen molar-refractivity contribution >= 4 is 5.91 Å². The number of aromatic amines is 1. The standard InChI is InChI=1S/C17H23N5O/c1-21(11-14-3-2-6-18-10-14)12-15-5-8-22(13-15)17(23)9-16-4-7-19-20-16/h2-4,6-7,10,15H,5,8-9,11-13H2,1H3,(H,19,20)/t15-/m0/s1. The van der Waals surface area contributed by atoms with Crippen LogP contribution in [0, 0.1) is 5.92 Å². The van der Waals surface area contributed by atoms with Gasteiger partial charge in [0.15, 0.2) is 0 Å². The van der Waals surface area contributed by atoms with Crippen LogP contribution in [0.4, 0.5) is 0 Å². The zero-order valence-electron chi connectivity index (χ0n) is 13.5. The van der Waals surface area contributed by atoms with Crippen molar-refractivity contribution in [1.29, 1.82) is 0 Å². The Bertz CT molecular complexity index is 613. The molecule has 1 aliphatic heterocycles. The summed E-state index contributed by atoms with van der Waals surface area (Å²) in [6.07, 6.45) is 6.88. The van der Waals surface area contributed by atoms with Gasteiger partial charge < -0.3 is 9.80 Å². The molecule has 0 bridgehead atoms. The van der Waals surface area contributed by atoms with Crippen molar-refractivity contribution in [3.05, 3.63) is 48.0 Å². The van der Waals surface area contributed by atoms with Crippen LogP contribution in [0.2, 0.25) is 0 Å². The average Bonchev–Trinajstić information content (AvgIpc) is 3.20. The minimum absolute atomic E-state index is 0.187. The molecule has 6 nitrogen and oxygen atoms in total. The molecule has 1 fully saturated rings. The Morgan fingerprint density at radius 1 is 1.43 bits per heavy atom. The molecule has 0 aliphatic carbocycles. The van der Waals surface area contributed by atoms with Gasteiger partial charge in [-0.3, -0.25) is 14.9 Å². The molecule has 122 valence electrons. The van der Waals surface area contributed by atoms with E-state index in [9.17, 15) is 4.79 Å². The fraction of sp³-hybridized carbons (Fsp3) is 0.471. The average molecular weight is 313 g/mol. The predicted octanol–water partition coefficient (Wildman–Crippen LogP) is 1.33. The summed E-state index contributed by atoms with van der Waals surface area (Å²) >= 11 is 0. The van der Waals surface area contributed by atoms with Crippen LogP contribution in [-0.2, 0) is 17.8 Å². The van der Waals surface area contributed by atoms with Crippen LogP contribution < -0.4 is 0 Å². The third kappa shape index (κ3) is 4.39. The predicted molar refractivity (Wildman–Crippen MR) is 87.5 cm³/mol. The molecule has 0 saturated carbocycles. The summed E-state index contributed by atoms with van der Waals surface area (Å²) in [7, 11) is 2.13. The Morgan fingerprint density at radius 2 is 2.35 bits per heavy atom. The van der Waals surface area contributed by atoms with Gasteiger partial charge in [-0.1, -0.05) is 6.07 Å². The molecule has 1 atom stereocenters. The first-order valence-corrected chi connectivity index (χ1v) is 8.04. The smallest absolute Gasteiger partial charge is 0.228 e. The fourth-order valence-electron chi connectivity index (χ4n) is 3.17. The molecule has 1 N–H and O–H groups in total. The number of nitrogens with zero attached hydrogens (tertiary/aromatic N) is 4. The monoisotopic (exact) mass is 313 g/mol. The van der Waals surface area contributed by atoms with Crippen LogP contribution in [0.5, 0.6) is 0 Å². The minimum atomic E-state index is 0.187. The van der Waals surface area contributed by atoms with Crippen molar-refractivity contribution in [2.45, 2.75) is 19.4 Å². The number of likely N-dealkylation sites (tertiary alicyclic amines) is 1. The van der Waals surface area contributed by atoms with Crippen LogP contribution in [0.1, 0.15) is 17.7 Å². The van der Waals surface area contributed by atoms with Gasteiger partial charge in [-0.05, 0) is 37.1 Å². The maximum absolute atomic E-state index is 12.3. The lowest BCUT2D eigenvalue weighted by Gasteiger charge is -2.21. The summed E-state index contributed by atoms with van der Waals surface area (Å²) in [4.78, 5) is 20.7. The first kappa shape index (κ1) is 15.7. The second kappa shape index (κ2) is 7.37. The van der Waals surface area contributed by atoms with E-state index >= 15 is 0 Å². The highest BCUT2D eigenvalue weighted by molar-refractivity contribution is 5.78. The quantitative estimate of drug-likeness (QED) is 0.874. The lowest BCUT2D eigenvalue weighted by Crippen LogP contribution is -2.32. The van der Waals surface area contributed by atoms with Crippen molar-refractivity contribution in [1.82, 2.24) is 25.0 Å². The van der Waals surface area contributed by atoms with E-state index in [1.165, 1.54) is 5.56 Å². The second-order valence-corrected chi connectivity index (χ2v) is 6.31. The van der Waals surface area contributed by atoms with Crippen molar-refractivity contribution in [2.75, 3.05) is 26.7 Å². The third-order valence-corrected chi connectivity index (χ3v) is 4.28. The van der Waals surface area contributed by atoms with Crippen molar-refractivity contribution in [3.8, 4) is 0 Å². The summed E-state index contributed by atoms with van der Waals surface area (Å²) in [5.41, 5.74) is 2.10. The van der Waals surface area contributed by atoms with Gasteiger partial charge in [0.1, 0.15) is 0 Å². The third-order valence-electron chi connectivity index (χ3n) is 4.28. The van der Waals surface area contributed by atoms with E-state index in [0.29, 0.717) is 12.3 Å². The first-order chi connectivity index (χ1) is 11.2. The molecule has 2 aromatic heterocycles. The molecule has 1 amide bonds. The SMILES string of the molecule is CN(Cc1cccnc1)C[C@@H]1CCN(C(=O)Cc2ccn[nH]2)C1. The van der Waals surface area contributed by atoms with Gasteiger partial charge >= 0.3 is 0 Å². The van der Waals surface area contributed by atoms with Crippen molar-refractivity contribution < 1.29 is 4.79 Å². The van der Waals surface area contributed by atoms with Gasteiger partial charge in [0.25, 0.3) is 0 Å². The number of hydrogen-bond acceptors (Lipinski definition) is 4. The van der Waals surface area contributed by atoms with Crippen LogP contribution >= 0.6 is 0 Å². The molecule has 0 aromatic carbocycles. The number of aromatic nitrogens is 3. The van der Waals surface area contributed by atoms with Gasteiger partial charge in [0.2, 0.25) is 5.91 Å². The molecule has 2 aromatic rings. The van der Waals surface area contributed by atoms with Gasteiger partial charge in [0.05, 0.1) is 6.42 Å².